The molecule has 0 unspecified atom stereocenters. The quantitative estimate of drug-likeness (QED) is 0.302. The lowest BCUT2D eigenvalue weighted by Crippen LogP contribution is -2.44. The van der Waals surface area contributed by atoms with Gasteiger partial charge in [-0.25, -0.2) is 14.4 Å². The normalized spacial score (nSPS) is 10.9. The van der Waals surface area contributed by atoms with Crippen LogP contribution in [-0.2, 0) is 38.1 Å². The second-order valence-electron chi connectivity index (χ2n) is 6.76. The highest BCUT2D eigenvalue weighted by Crippen LogP contribution is 2.24. The molecule has 0 bridgehead atoms. The van der Waals surface area contributed by atoms with E-state index in [1.165, 1.54) is 0 Å². The Kier molecular flexibility index (Phi) is 9.77. The van der Waals surface area contributed by atoms with E-state index in [1.807, 2.05) is 0 Å². The molecule has 0 saturated heterocycles. The number of esters is 4. The number of ether oxygens (including phenoxy) is 4. The summed E-state index contributed by atoms with van der Waals surface area (Å²) in [4.78, 5) is 46.4. The summed E-state index contributed by atoms with van der Waals surface area (Å²) in [6, 6.07) is 0. The predicted molar refractivity (Wildman–Crippen MR) is 96.3 cm³/mol. The van der Waals surface area contributed by atoms with Gasteiger partial charge in [0.1, 0.15) is 31.8 Å². The lowest BCUT2D eigenvalue weighted by atomic mass is 9.91. The van der Waals surface area contributed by atoms with Gasteiger partial charge < -0.3 is 18.9 Å². The summed E-state index contributed by atoms with van der Waals surface area (Å²) in [6.45, 7) is 13.4. The third kappa shape index (κ3) is 9.39. The summed E-state index contributed by atoms with van der Waals surface area (Å²) < 4.78 is 20.4. The van der Waals surface area contributed by atoms with Crippen molar-refractivity contribution in [3.05, 3.63) is 38.0 Å². The average molecular weight is 382 g/mol. The summed E-state index contributed by atoms with van der Waals surface area (Å²) in [5.41, 5.74) is -2.12. The number of carbonyl (C=O) groups excluding carboxylic acids is 4. The largest absolute Gasteiger partial charge is 0.464 e. The zero-order chi connectivity index (χ0) is 21.1. The first-order valence-electron chi connectivity index (χ1n) is 8.04. The molecular formula is C19H26O8. The number of hydrogen-bond donors (Lipinski definition) is 0. The highest BCUT2D eigenvalue weighted by Gasteiger charge is 2.38. The van der Waals surface area contributed by atoms with Gasteiger partial charge in [-0.3, -0.25) is 4.79 Å². The Morgan fingerprint density at radius 1 is 0.667 bits per heavy atom. The van der Waals surface area contributed by atoms with E-state index in [-0.39, 0.29) is 26.4 Å². The van der Waals surface area contributed by atoms with Gasteiger partial charge in [0.25, 0.3) is 0 Å². The molecule has 0 heterocycles. The molecule has 150 valence electrons. The van der Waals surface area contributed by atoms with Crippen LogP contribution < -0.4 is 0 Å². The molecule has 0 spiro atoms. The van der Waals surface area contributed by atoms with E-state index in [4.69, 9.17) is 18.9 Å². The Balaban J connectivity index is 5.52. The van der Waals surface area contributed by atoms with E-state index in [0.717, 1.165) is 18.2 Å². The molecule has 0 aromatic rings. The molecule has 0 amide bonds. The van der Waals surface area contributed by atoms with E-state index in [1.54, 1.807) is 20.8 Å². The van der Waals surface area contributed by atoms with E-state index in [9.17, 15) is 19.2 Å². The molecule has 0 atom stereocenters. The minimum atomic E-state index is -1.32. The Labute approximate surface area is 158 Å². The van der Waals surface area contributed by atoms with Crippen LogP contribution >= 0.6 is 0 Å². The Hall–Kier alpha value is -2.90. The van der Waals surface area contributed by atoms with Crippen LogP contribution in [0.25, 0.3) is 0 Å². The fourth-order valence-electron chi connectivity index (χ4n) is 1.53. The van der Waals surface area contributed by atoms with Crippen molar-refractivity contribution in [2.75, 3.05) is 26.4 Å². The Morgan fingerprint density at radius 3 is 1.22 bits per heavy atom. The number of carbonyl (C=O) groups is 4. The number of hydrogen-bond acceptors (Lipinski definition) is 8. The van der Waals surface area contributed by atoms with Crippen molar-refractivity contribution in [1.29, 1.82) is 0 Å². The maximum absolute atomic E-state index is 12.1. The monoisotopic (exact) mass is 382 g/mol. The molecule has 0 aliphatic rings. The van der Waals surface area contributed by atoms with E-state index < -0.39 is 34.7 Å². The van der Waals surface area contributed by atoms with Crippen LogP contribution in [-0.4, -0.2) is 50.3 Å². The van der Waals surface area contributed by atoms with Crippen LogP contribution in [0.1, 0.15) is 20.8 Å². The maximum atomic E-state index is 12.1. The summed E-state index contributed by atoms with van der Waals surface area (Å²) >= 11 is 0. The van der Waals surface area contributed by atoms with E-state index in [2.05, 4.69) is 19.7 Å². The van der Waals surface area contributed by atoms with Crippen LogP contribution in [0.3, 0.4) is 0 Å². The molecule has 0 aliphatic heterocycles. The SMILES string of the molecule is C=CC(=O)OCC(COC(=O)C=C)(COC(=O)C=C)COC(=O)C(C)(C)C. The van der Waals surface area contributed by atoms with Crippen LogP contribution in [0.4, 0.5) is 0 Å². The van der Waals surface area contributed by atoms with Gasteiger partial charge in [0.15, 0.2) is 0 Å². The molecule has 8 nitrogen and oxygen atoms in total. The van der Waals surface area contributed by atoms with Gasteiger partial charge in [0.05, 0.1) is 5.41 Å². The predicted octanol–water partition coefficient (Wildman–Crippen LogP) is 1.75. The average Bonchev–Trinajstić information content (AvgIpc) is 2.64. The molecule has 8 heteroatoms. The lowest BCUT2D eigenvalue weighted by molar-refractivity contribution is -0.170. The summed E-state index contributed by atoms with van der Waals surface area (Å²) in [5.74, 6) is -2.77. The van der Waals surface area contributed by atoms with Crippen LogP contribution in [0.15, 0.2) is 38.0 Å². The molecule has 27 heavy (non-hydrogen) atoms. The molecule has 0 radical (unpaired) electrons. The van der Waals surface area contributed by atoms with Gasteiger partial charge in [-0.15, -0.1) is 0 Å². The molecule has 0 aliphatic carbocycles. The number of rotatable bonds is 11. The van der Waals surface area contributed by atoms with Gasteiger partial charge >= 0.3 is 23.9 Å². The van der Waals surface area contributed by atoms with Crippen LogP contribution in [0.2, 0.25) is 0 Å². The zero-order valence-electron chi connectivity index (χ0n) is 15.9. The third-order valence-electron chi connectivity index (χ3n) is 3.18. The first kappa shape index (κ1) is 24.1. The molecule has 0 N–H and O–H groups in total. The van der Waals surface area contributed by atoms with Crippen molar-refractivity contribution < 1.29 is 38.1 Å². The van der Waals surface area contributed by atoms with Crippen molar-refractivity contribution in [1.82, 2.24) is 0 Å². The smallest absolute Gasteiger partial charge is 0.330 e. The second-order valence-corrected chi connectivity index (χ2v) is 6.76. The molecule has 0 aromatic carbocycles. The summed E-state index contributed by atoms with van der Waals surface area (Å²) in [5, 5.41) is 0. The van der Waals surface area contributed by atoms with Crippen molar-refractivity contribution in [3.8, 4) is 0 Å². The Bertz CT molecular complexity index is 538. The molecular weight excluding hydrogens is 356 g/mol. The summed E-state index contributed by atoms with van der Waals surface area (Å²) in [6.07, 6.45) is 2.83. The van der Waals surface area contributed by atoms with Crippen molar-refractivity contribution in [3.63, 3.8) is 0 Å². The second kappa shape index (κ2) is 10.9. The van der Waals surface area contributed by atoms with Crippen LogP contribution in [0.5, 0.6) is 0 Å². The topological polar surface area (TPSA) is 105 Å². The third-order valence-corrected chi connectivity index (χ3v) is 3.18. The first-order chi connectivity index (χ1) is 12.5. The lowest BCUT2D eigenvalue weighted by Gasteiger charge is -2.32. The summed E-state index contributed by atoms with van der Waals surface area (Å²) in [7, 11) is 0. The fourth-order valence-corrected chi connectivity index (χ4v) is 1.53. The Morgan fingerprint density at radius 2 is 0.963 bits per heavy atom. The maximum Gasteiger partial charge on any atom is 0.330 e. The highest BCUT2D eigenvalue weighted by atomic mass is 16.6. The molecule has 0 saturated carbocycles. The molecule has 0 rings (SSSR count). The highest BCUT2D eigenvalue weighted by molar-refractivity contribution is 5.82. The van der Waals surface area contributed by atoms with Crippen LogP contribution in [0, 0.1) is 10.8 Å². The van der Waals surface area contributed by atoms with Gasteiger partial charge in [0.2, 0.25) is 0 Å². The van der Waals surface area contributed by atoms with Gasteiger partial charge in [-0.05, 0) is 20.8 Å². The van der Waals surface area contributed by atoms with Crippen molar-refractivity contribution >= 4 is 23.9 Å². The first-order valence-corrected chi connectivity index (χ1v) is 8.04. The molecule has 0 fully saturated rings. The van der Waals surface area contributed by atoms with Crippen molar-refractivity contribution in [2.45, 2.75) is 20.8 Å². The van der Waals surface area contributed by atoms with Crippen molar-refractivity contribution in [2.24, 2.45) is 10.8 Å². The van der Waals surface area contributed by atoms with Gasteiger partial charge in [0, 0.05) is 18.2 Å². The minimum Gasteiger partial charge on any atom is -0.464 e. The van der Waals surface area contributed by atoms with E-state index >= 15 is 0 Å². The van der Waals surface area contributed by atoms with Gasteiger partial charge in [-0.2, -0.15) is 0 Å². The standard InChI is InChI=1S/C19H26O8/c1-7-14(20)24-10-19(11-25-15(21)8-2,12-26-16(22)9-3)13-27-17(23)18(4,5)6/h7-9H,1-3,10-13H2,4-6H3. The minimum absolute atomic E-state index is 0.331. The molecule has 0 aromatic heterocycles. The fraction of sp³-hybridized carbons (Fsp3) is 0.474. The van der Waals surface area contributed by atoms with Gasteiger partial charge in [-0.1, -0.05) is 19.7 Å². The zero-order valence-corrected chi connectivity index (χ0v) is 15.9. The van der Waals surface area contributed by atoms with E-state index in [0.29, 0.717) is 0 Å².